The standard InChI is InChI=1S/C21H32N4O8SSi/c1-21(2,3)35(4,5)32-16-9-6-14(7-10-16)12-18(26)22-23-19(27)17-11-8-15-13-24(17)20(28)25(15)33-34(29,30)31/h6-7,9-10,15,17H,8,11-13H2,1-5H3,(H,22,26)(H,23,27)(H,29,30,31)/t15-,17+/m1/s1. The van der Waals surface area contributed by atoms with E-state index in [1.54, 1.807) is 12.1 Å². The molecule has 12 nitrogen and oxygen atoms in total. The number of hydroxylamine groups is 2. The molecule has 2 atom stereocenters. The molecule has 2 fully saturated rings. The molecule has 35 heavy (non-hydrogen) atoms. The Morgan fingerprint density at radius 3 is 2.34 bits per heavy atom. The van der Waals surface area contributed by atoms with E-state index in [0.29, 0.717) is 5.06 Å². The van der Waals surface area contributed by atoms with Crippen LogP contribution in [0.1, 0.15) is 39.2 Å². The van der Waals surface area contributed by atoms with Crippen molar-refractivity contribution >= 4 is 36.6 Å². The van der Waals surface area contributed by atoms with Gasteiger partial charge < -0.3 is 9.33 Å². The first kappa shape index (κ1) is 26.9. The lowest BCUT2D eigenvalue weighted by Gasteiger charge is -2.36. The van der Waals surface area contributed by atoms with Gasteiger partial charge in [0.25, 0.3) is 5.91 Å². The molecule has 0 aliphatic carbocycles. The van der Waals surface area contributed by atoms with E-state index in [0.717, 1.165) is 16.2 Å². The summed E-state index contributed by atoms with van der Waals surface area (Å²) in [5.41, 5.74) is 5.39. The van der Waals surface area contributed by atoms with E-state index in [4.69, 9.17) is 8.98 Å². The van der Waals surface area contributed by atoms with Gasteiger partial charge in [-0.3, -0.25) is 25.0 Å². The number of hydrogen-bond donors (Lipinski definition) is 3. The third kappa shape index (κ3) is 6.51. The van der Waals surface area contributed by atoms with Crippen LogP contribution in [0.25, 0.3) is 0 Å². The average Bonchev–Trinajstić information content (AvgIpc) is 2.96. The van der Waals surface area contributed by atoms with E-state index in [1.807, 2.05) is 12.1 Å². The van der Waals surface area contributed by atoms with E-state index in [2.05, 4.69) is 49.0 Å². The van der Waals surface area contributed by atoms with Crippen LogP contribution >= 0.6 is 0 Å². The van der Waals surface area contributed by atoms with Crippen LogP contribution in [0.2, 0.25) is 18.1 Å². The van der Waals surface area contributed by atoms with Gasteiger partial charge >= 0.3 is 16.4 Å². The minimum absolute atomic E-state index is 0.0199. The van der Waals surface area contributed by atoms with Crippen LogP contribution in [0.5, 0.6) is 5.75 Å². The zero-order valence-corrected chi connectivity index (χ0v) is 22.2. The van der Waals surface area contributed by atoms with Crippen molar-refractivity contribution < 1.29 is 36.1 Å². The fourth-order valence-corrected chi connectivity index (χ4v) is 5.09. The SMILES string of the molecule is CC(C)(C)[Si](C)(C)Oc1ccc(CC(=O)NNC(=O)[C@@H]2CC[C@@H]3CN2C(=O)N3OS(=O)(=O)O)cc1. The minimum Gasteiger partial charge on any atom is -0.544 e. The van der Waals surface area contributed by atoms with E-state index in [9.17, 15) is 22.8 Å². The Labute approximate surface area is 205 Å². The van der Waals surface area contributed by atoms with Crippen LogP contribution in [-0.2, 0) is 30.7 Å². The predicted octanol–water partition coefficient (Wildman–Crippen LogP) is 1.76. The summed E-state index contributed by atoms with van der Waals surface area (Å²) in [6.45, 7) is 10.8. The van der Waals surface area contributed by atoms with Crippen molar-refractivity contribution in [3.05, 3.63) is 29.8 Å². The fraction of sp³-hybridized carbons (Fsp3) is 0.571. The Morgan fingerprint density at radius 2 is 1.77 bits per heavy atom. The minimum atomic E-state index is -4.87. The number of piperidine rings is 1. The quantitative estimate of drug-likeness (QED) is 0.275. The van der Waals surface area contributed by atoms with Gasteiger partial charge in [-0.2, -0.15) is 13.5 Å². The summed E-state index contributed by atoms with van der Waals surface area (Å²) >= 11 is 0. The first-order valence-corrected chi connectivity index (χ1v) is 15.5. The summed E-state index contributed by atoms with van der Waals surface area (Å²) < 4.78 is 41.4. The van der Waals surface area contributed by atoms with Gasteiger partial charge in [0.15, 0.2) is 0 Å². The van der Waals surface area contributed by atoms with Crippen molar-refractivity contribution in [1.29, 1.82) is 0 Å². The smallest absolute Gasteiger partial charge is 0.418 e. The maximum Gasteiger partial charge on any atom is 0.418 e. The van der Waals surface area contributed by atoms with Gasteiger partial charge in [-0.25, -0.2) is 4.79 Å². The number of nitrogens with one attached hydrogen (secondary N) is 2. The second-order valence-corrected chi connectivity index (χ2v) is 16.0. The normalized spacial score (nSPS) is 20.6. The van der Waals surface area contributed by atoms with Crippen LogP contribution < -0.4 is 15.3 Å². The lowest BCUT2D eigenvalue weighted by atomic mass is 10.0. The Kier molecular flexibility index (Phi) is 7.50. The highest BCUT2D eigenvalue weighted by molar-refractivity contribution is 7.80. The molecule has 1 aromatic rings. The second kappa shape index (κ2) is 9.76. The molecule has 0 aromatic heterocycles. The van der Waals surface area contributed by atoms with Crippen LogP contribution in [0.3, 0.4) is 0 Å². The number of carbonyl (C=O) groups excluding carboxylic acids is 3. The highest BCUT2D eigenvalue weighted by Gasteiger charge is 2.49. The number of rotatable bonds is 7. The molecule has 3 N–H and O–H groups in total. The highest BCUT2D eigenvalue weighted by atomic mass is 32.3. The van der Waals surface area contributed by atoms with Crippen LogP contribution in [-0.4, -0.2) is 67.7 Å². The van der Waals surface area contributed by atoms with E-state index in [1.165, 1.54) is 0 Å². The molecular weight excluding hydrogens is 496 g/mol. The van der Waals surface area contributed by atoms with E-state index < -0.39 is 48.6 Å². The van der Waals surface area contributed by atoms with Crippen LogP contribution in [0.4, 0.5) is 4.79 Å². The van der Waals surface area contributed by atoms with Gasteiger partial charge in [0.05, 0.1) is 12.5 Å². The summed E-state index contributed by atoms with van der Waals surface area (Å²) in [6.07, 6.45) is 0.540. The van der Waals surface area contributed by atoms with E-state index >= 15 is 0 Å². The van der Waals surface area contributed by atoms with Crippen molar-refractivity contribution in [2.75, 3.05) is 6.54 Å². The van der Waals surface area contributed by atoms with Crippen molar-refractivity contribution in [3.8, 4) is 5.75 Å². The van der Waals surface area contributed by atoms with E-state index in [-0.39, 0.29) is 30.8 Å². The summed E-state index contributed by atoms with van der Waals surface area (Å²) in [5.74, 6) is -0.321. The topological polar surface area (TPSA) is 155 Å². The van der Waals surface area contributed by atoms with Crippen LogP contribution in [0, 0.1) is 0 Å². The molecule has 1 aromatic carbocycles. The lowest BCUT2D eigenvalue weighted by Crippen LogP contribution is -2.54. The Hall–Kier alpha value is -2.68. The molecule has 2 saturated heterocycles. The largest absolute Gasteiger partial charge is 0.544 e. The van der Waals surface area contributed by atoms with Gasteiger partial charge in [0, 0.05) is 6.54 Å². The fourth-order valence-electron chi connectivity index (χ4n) is 3.67. The molecule has 0 saturated carbocycles. The molecule has 14 heteroatoms. The summed E-state index contributed by atoms with van der Waals surface area (Å²) in [6, 6.07) is 4.85. The summed E-state index contributed by atoms with van der Waals surface area (Å²) in [4.78, 5) is 38.4. The molecule has 4 amide bonds. The van der Waals surface area contributed by atoms with Crippen LogP contribution in [0.15, 0.2) is 24.3 Å². The molecule has 194 valence electrons. The number of nitrogens with zero attached hydrogens (tertiary/aromatic N) is 2. The van der Waals surface area contributed by atoms with Crippen molar-refractivity contribution in [2.45, 2.75) is 70.2 Å². The maximum atomic E-state index is 12.6. The molecule has 2 heterocycles. The molecule has 2 aliphatic heterocycles. The van der Waals surface area contributed by atoms with Crippen molar-refractivity contribution in [1.82, 2.24) is 20.8 Å². The molecule has 3 rings (SSSR count). The predicted molar refractivity (Wildman–Crippen MR) is 128 cm³/mol. The van der Waals surface area contributed by atoms with Gasteiger partial charge in [0.2, 0.25) is 14.2 Å². The average molecular weight is 529 g/mol. The van der Waals surface area contributed by atoms with Crippen molar-refractivity contribution in [3.63, 3.8) is 0 Å². The Bertz CT molecular complexity index is 1090. The first-order chi connectivity index (χ1) is 16.1. The summed E-state index contributed by atoms with van der Waals surface area (Å²) in [7, 11) is -6.84. The highest BCUT2D eigenvalue weighted by Crippen LogP contribution is 2.37. The zero-order valence-electron chi connectivity index (χ0n) is 20.4. The van der Waals surface area contributed by atoms with Gasteiger partial charge in [-0.15, -0.1) is 4.28 Å². The zero-order chi connectivity index (χ0) is 26.2. The third-order valence-corrected chi connectivity index (χ3v) is 11.3. The molecule has 0 spiro atoms. The number of benzene rings is 1. The molecule has 2 bridgehead atoms. The summed E-state index contributed by atoms with van der Waals surface area (Å²) in [5, 5.41) is 0.615. The molecule has 0 radical (unpaired) electrons. The number of urea groups is 1. The second-order valence-electron chi connectivity index (χ2n) is 10.2. The number of amides is 4. The molecular formula is C21H32N4O8SSi. The Balaban J connectivity index is 1.50. The number of hydrogen-bond acceptors (Lipinski definition) is 7. The Morgan fingerprint density at radius 1 is 1.14 bits per heavy atom. The number of fused-ring (bicyclic) bond motifs is 2. The number of carbonyl (C=O) groups is 3. The molecule has 0 unspecified atom stereocenters. The molecule has 2 aliphatic rings. The lowest BCUT2D eigenvalue weighted by molar-refractivity contribution is -0.131. The third-order valence-electron chi connectivity index (χ3n) is 6.59. The van der Waals surface area contributed by atoms with Gasteiger partial charge in [-0.1, -0.05) is 32.9 Å². The number of hydrazine groups is 1. The first-order valence-electron chi connectivity index (χ1n) is 11.2. The van der Waals surface area contributed by atoms with Gasteiger partial charge in [0.1, 0.15) is 11.8 Å². The maximum absolute atomic E-state index is 12.6. The monoisotopic (exact) mass is 528 g/mol. The van der Waals surface area contributed by atoms with Crippen molar-refractivity contribution in [2.24, 2.45) is 0 Å². The van der Waals surface area contributed by atoms with Gasteiger partial charge in [-0.05, 0) is 48.7 Å².